The van der Waals surface area contributed by atoms with Gasteiger partial charge in [-0.25, -0.2) is 9.97 Å². The van der Waals surface area contributed by atoms with Crippen molar-refractivity contribution in [1.29, 1.82) is 0 Å². The summed E-state index contributed by atoms with van der Waals surface area (Å²) < 4.78 is 3.31. The lowest BCUT2D eigenvalue weighted by atomic mass is 10.1. The third kappa shape index (κ3) is 5.66. The number of hydrogen-bond acceptors (Lipinski definition) is 5. The molecule has 1 aromatic carbocycles. The molecule has 1 amide bonds. The van der Waals surface area contributed by atoms with Gasteiger partial charge in [-0.15, -0.1) is 0 Å². The molecule has 0 aliphatic heterocycles. The minimum Gasteiger partial charge on any atom is -0.321 e. The average Bonchev–Trinajstić information content (AvgIpc) is 2.44. The first-order valence-corrected chi connectivity index (χ1v) is 8.35. The van der Waals surface area contributed by atoms with Crippen LogP contribution in [0.1, 0.15) is 31.3 Å². The van der Waals surface area contributed by atoms with Crippen molar-refractivity contribution >= 4 is 46.7 Å². The van der Waals surface area contributed by atoms with Gasteiger partial charge >= 0.3 is 0 Å². The number of carbonyl (C=O) groups excluding carboxylic acids is 1. The predicted molar refractivity (Wildman–Crippen MR) is 95.2 cm³/mol. The Morgan fingerprint density at radius 2 is 2.00 bits per heavy atom. The summed E-state index contributed by atoms with van der Waals surface area (Å²) in [7, 11) is 0. The van der Waals surface area contributed by atoms with Crippen molar-refractivity contribution in [3.05, 3.63) is 46.5 Å². The highest BCUT2D eigenvalue weighted by Gasteiger charge is 2.15. The molecule has 23 heavy (non-hydrogen) atoms. The summed E-state index contributed by atoms with van der Waals surface area (Å²) in [5.41, 5.74) is 0.654. The van der Waals surface area contributed by atoms with Crippen LogP contribution >= 0.6 is 35.1 Å². The van der Waals surface area contributed by atoms with Gasteiger partial charge in [-0.2, -0.15) is 0 Å². The van der Waals surface area contributed by atoms with E-state index in [2.05, 4.69) is 40.8 Å². The number of carbonyl (C=O) groups is 1. The summed E-state index contributed by atoms with van der Waals surface area (Å²) >= 11 is 13.1. The minimum atomic E-state index is -0.440. The fourth-order valence-corrected chi connectivity index (χ4v) is 2.70. The zero-order chi connectivity index (χ0) is 17.0. The largest absolute Gasteiger partial charge is 0.321 e. The van der Waals surface area contributed by atoms with E-state index in [0.717, 1.165) is 4.90 Å². The van der Waals surface area contributed by atoms with Crippen molar-refractivity contribution in [2.24, 2.45) is 0 Å². The molecule has 2 aromatic rings. The molecule has 0 radical (unpaired) electrons. The van der Waals surface area contributed by atoms with E-state index in [1.165, 1.54) is 18.1 Å². The first-order valence-electron chi connectivity index (χ1n) is 6.78. The van der Waals surface area contributed by atoms with Crippen LogP contribution in [0.2, 0.25) is 10.3 Å². The third-order valence-corrected chi connectivity index (χ3v) is 4.13. The molecular formula is C15H16Cl2N4OS. The summed E-state index contributed by atoms with van der Waals surface area (Å²) in [5, 5.41) is 2.85. The summed E-state index contributed by atoms with van der Waals surface area (Å²) in [6.07, 6.45) is 1.28. The maximum atomic E-state index is 12.2. The van der Waals surface area contributed by atoms with Gasteiger partial charge in [-0.1, -0.05) is 29.3 Å². The Labute approximate surface area is 149 Å². The Kier molecular flexibility index (Phi) is 5.86. The van der Waals surface area contributed by atoms with E-state index in [1.54, 1.807) is 6.07 Å². The molecule has 2 N–H and O–H groups in total. The first kappa shape index (κ1) is 18.0. The Bertz CT molecular complexity index is 719. The standard InChI is InChI=1S/C15H16Cl2N4OS/c1-15(2,3)21-23-10-6-4-5-9(7-10)19-14(22)12-13(17)20-11(16)8-18-12/h4-8,21H,1-3H3,(H,19,22). The van der Waals surface area contributed by atoms with E-state index < -0.39 is 5.91 Å². The molecule has 8 heteroatoms. The zero-order valence-electron chi connectivity index (χ0n) is 12.9. The van der Waals surface area contributed by atoms with Crippen LogP contribution in [-0.4, -0.2) is 21.4 Å². The number of nitrogens with zero attached hydrogens (tertiary/aromatic N) is 2. The van der Waals surface area contributed by atoms with Crippen LogP contribution in [0.15, 0.2) is 35.4 Å². The minimum absolute atomic E-state index is 0.0175. The zero-order valence-corrected chi connectivity index (χ0v) is 15.2. The number of benzene rings is 1. The molecule has 0 bridgehead atoms. The fraction of sp³-hybridized carbons (Fsp3) is 0.267. The molecule has 0 atom stereocenters. The van der Waals surface area contributed by atoms with Crippen molar-refractivity contribution in [3.63, 3.8) is 0 Å². The molecule has 5 nitrogen and oxygen atoms in total. The summed E-state index contributed by atoms with van der Waals surface area (Å²) in [6.45, 7) is 6.23. The number of hydrogen-bond donors (Lipinski definition) is 2. The Hall–Kier alpha value is -1.34. The predicted octanol–water partition coefficient (Wildman–Crippen LogP) is 4.43. The molecule has 1 heterocycles. The smallest absolute Gasteiger partial charge is 0.277 e. The number of rotatable bonds is 4. The molecular weight excluding hydrogens is 355 g/mol. The van der Waals surface area contributed by atoms with E-state index in [4.69, 9.17) is 23.2 Å². The number of aromatic nitrogens is 2. The van der Waals surface area contributed by atoms with Crippen molar-refractivity contribution in [2.45, 2.75) is 31.2 Å². The quantitative estimate of drug-likeness (QED) is 0.779. The van der Waals surface area contributed by atoms with Gasteiger partial charge in [0, 0.05) is 16.1 Å². The number of nitrogens with one attached hydrogen (secondary N) is 2. The summed E-state index contributed by atoms with van der Waals surface area (Å²) in [5.74, 6) is -0.440. The summed E-state index contributed by atoms with van der Waals surface area (Å²) in [4.78, 5) is 20.9. The molecule has 0 aliphatic rings. The average molecular weight is 371 g/mol. The number of anilines is 1. The molecule has 0 fully saturated rings. The highest BCUT2D eigenvalue weighted by molar-refractivity contribution is 7.97. The maximum Gasteiger partial charge on any atom is 0.277 e. The van der Waals surface area contributed by atoms with Crippen molar-refractivity contribution in [3.8, 4) is 0 Å². The van der Waals surface area contributed by atoms with Gasteiger partial charge in [0.2, 0.25) is 0 Å². The van der Waals surface area contributed by atoms with Gasteiger partial charge in [0.05, 0.1) is 6.20 Å². The number of amides is 1. The highest BCUT2D eigenvalue weighted by atomic mass is 35.5. The van der Waals surface area contributed by atoms with Crippen LogP contribution in [-0.2, 0) is 0 Å². The second-order valence-electron chi connectivity index (χ2n) is 5.77. The molecule has 0 saturated heterocycles. The van der Waals surface area contributed by atoms with Crippen LogP contribution in [0.5, 0.6) is 0 Å². The third-order valence-electron chi connectivity index (χ3n) is 2.48. The SMILES string of the molecule is CC(C)(C)NSc1cccc(NC(=O)c2ncc(Cl)nc2Cl)c1. The van der Waals surface area contributed by atoms with E-state index in [1.807, 2.05) is 18.2 Å². The normalized spacial score (nSPS) is 11.3. The molecule has 0 spiro atoms. The Morgan fingerprint density at radius 3 is 2.65 bits per heavy atom. The van der Waals surface area contributed by atoms with Gasteiger partial charge in [-0.3, -0.25) is 9.52 Å². The van der Waals surface area contributed by atoms with Crippen LogP contribution in [0, 0.1) is 0 Å². The van der Waals surface area contributed by atoms with E-state index in [0.29, 0.717) is 5.69 Å². The van der Waals surface area contributed by atoms with Gasteiger partial charge < -0.3 is 5.32 Å². The van der Waals surface area contributed by atoms with Crippen LogP contribution in [0.3, 0.4) is 0 Å². The molecule has 0 saturated carbocycles. The highest BCUT2D eigenvalue weighted by Crippen LogP contribution is 2.22. The van der Waals surface area contributed by atoms with Crippen LogP contribution in [0.25, 0.3) is 0 Å². The van der Waals surface area contributed by atoms with Gasteiger partial charge in [0.15, 0.2) is 10.8 Å². The van der Waals surface area contributed by atoms with Crippen molar-refractivity contribution in [2.75, 3.05) is 5.32 Å². The molecule has 2 rings (SSSR count). The van der Waals surface area contributed by atoms with Crippen LogP contribution in [0.4, 0.5) is 5.69 Å². The van der Waals surface area contributed by atoms with Crippen molar-refractivity contribution in [1.82, 2.24) is 14.7 Å². The summed E-state index contributed by atoms with van der Waals surface area (Å²) in [6, 6.07) is 7.46. The van der Waals surface area contributed by atoms with E-state index in [-0.39, 0.29) is 21.5 Å². The molecule has 122 valence electrons. The van der Waals surface area contributed by atoms with Crippen molar-refractivity contribution < 1.29 is 4.79 Å². The fourth-order valence-electron chi connectivity index (χ4n) is 1.54. The first-order chi connectivity index (χ1) is 10.7. The number of halogens is 2. The second kappa shape index (κ2) is 7.49. The Morgan fingerprint density at radius 1 is 1.26 bits per heavy atom. The molecule has 0 aliphatic carbocycles. The monoisotopic (exact) mass is 370 g/mol. The topological polar surface area (TPSA) is 66.9 Å². The second-order valence-corrected chi connectivity index (χ2v) is 7.39. The van der Waals surface area contributed by atoms with E-state index >= 15 is 0 Å². The Balaban J connectivity index is 2.09. The molecule has 1 aromatic heterocycles. The van der Waals surface area contributed by atoms with Gasteiger partial charge in [0.1, 0.15) is 5.15 Å². The lowest BCUT2D eigenvalue weighted by Gasteiger charge is -2.19. The molecule has 0 unspecified atom stereocenters. The van der Waals surface area contributed by atoms with Gasteiger partial charge in [0.25, 0.3) is 5.91 Å². The lowest BCUT2D eigenvalue weighted by molar-refractivity contribution is 0.102. The lowest BCUT2D eigenvalue weighted by Crippen LogP contribution is -2.29. The van der Waals surface area contributed by atoms with Crippen LogP contribution < -0.4 is 10.0 Å². The van der Waals surface area contributed by atoms with E-state index in [9.17, 15) is 4.79 Å². The maximum absolute atomic E-state index is 12.2. The van der Waals surface area contributed by atoms with Gasteiger partial charge in [-0.05, 0) is 50.9 Å².